The maximum Gasteiger partial charge on any atom is 0.239 e. The highest BCUT2D eigenvalue weighted by molar-refractivity contribution is 5.81. The van der Waals surface area contributed by atoms with Gasteiger partial charge in [0, 0.05) is 13.1 Å². The van der Waals surface area contributed by atoms with Crippen molar-refractivity contribution in [2.75, 3.05) is 19.7 Å². The Kier molecular flexibility index (Phi) is 4.29. The van der Waals surface area contributed by atoms with Crippen LogP contribution in [0.25, 0.3) is 0 Å². The molecule has 94 valence electrons. The van der Waals surface area contributed by atoms with Gasteiger partial charge in [-0.3, -0.25) is 4.79 Å². The number of hydrogen-bond acceptors (Lipinski definition) is 4. The van der Waals surface area contributed by atoms with E-state index in [1.165, 1.54) is 0 Å². The third kappa shape index (κ3) is 3.17. The molecule has 1 aliphatic heterocycles. The van der Waals surface area contributed by atoms with E-state index in [9.17, 15) is 4.79 Å². The zero-order valence-electron chi connectivity index (χ0n) is 10.3. The van der Waals surface area contributed by atoms with Gasteiger partial charge >= 0.3 is 0 Å². The van der Waals surface area contributed by atoms with E-state index in [-0.39, 0.29) is 18.6 Å². The maximum atomic E-state index is 11.9. The van der Waals surface area contributed by atoms with Gasteiger partial charge in [0.25, 0.3) is 0 Å². The topological polar surface area (TPSA) is 75.8 Å². The van der Waals surface area contributed by atoms with Crippen LogP contribution in [-0.4, -0.2) is 53.4 Å². The van der Waals surface area contributed by atoms with Crippen molar-refractivity contribution in [3.8, 4) is 0 Å². The summed E-state index contributed by atoms with van der Waals surface area (Å²) in [6.45, 7) is 6.58. The Balaban J connectivity index is 2.69. The molecule has 0 radical (unpaired) electrons. The molecule has 1 rings (SSSR count). The molecular weight excluding hydrogens is 208 g/mol. The second kappa shape index (κ2) is 5.12. The smallest absolute Gasteiger partial charge is 0.239 e. The number of carbonyl (C=O) groups excluding carboxylic acids is 1. The molecule has 0 spiro atoms. The molecule has 2 atom stereocenters. The first-order valence-corrected chi connectivity index (χ1v) is 5.72. The lowest BCUT2D eigenvalue weighted by Crippen LogP contribution is -2.58. The van der Waals surface area contributed by atoms with Crippen molar-refractivity contribution < 1.29 is 14.6 Å². The molecule has 1 heterocycles. The van der Waals surface area contributed by atoms with E-state index >= 15 is 0 Å². The van der Waals surface area contributed by atoms with E-state index in [0.717, 1.165) is 0 Å². The minimum absolute atomic E-state index is 0.0580. The van der Waals surface area contributed by atoms with Crippen LogP contribution in [0.4, 0.5) is 0 Å². The van der Waals surface area contributed by atoms with Crippen molar-refractivity contribution in [2.45, 2.75) is 44.9 Å². The minimum atomic E-state index is -0.451. The number of hydrogen-bond donors (Lipinski definition) is 2. The van der Waals surface area contributed by atoms with Crippen LogP contribution in [-0.2, 0) is 9.53 Å². The lowest BCUT2D eigenvalue weighted by molar-refractivity contribution is -0.167. The Morgan fingerprint density at radius 3 is 2.81 bits per heavy atom. The largest absolute Gasteiger partial charge is 0.394 e. The van der Waals surface area contributed by atoms with E-state index in [4.69, 9.17) is 15.6 Å². The quantitative estimate of drug-likeness (QED) is 0.699. The van der Waals surface area contributed by atoms with E-state index in [0.29, 0.717) is 19.5 Å². The third-order valence-corrected chi connectivity index (χ3v) is 2.75. The van der Waals surface area contributed by atoms with Gasteiger partial charge in [0.05, 0.1) is 24.4 Å². The lowest BCUT2D eigenvalue weighted by Gasteiger charge is -2.43. The number of carbonyl (C=O) groups is 1. The van der Waals surface area contributed by atoms with E-state index in [2.05, 4.69) is 0 Å². The highest BCUT2D eigenvalue weighted by Gasteiger charge is 2.36. The van der Waals surface area contributed by atoms with Crippen molar-refractivity contribution in [2.24, 2.45) is 5.73 Å². The van der Waals surface area contributed by atoms with Gasteiger partial charge in [-0.15, -0.1) is 0 Å². The molecule has 0 bridgehead atoms. The SMILES string of the molecule is CC[C@@H](N)C(=O)N1CC(CO)OC(C)(C)C1. The molecule has 1 aliphatic rings. The number of ether oxygens (including phenoxy) is 1. The Bertz CT molecular complexity index is 256. The molecule has 0 aromatic heterocycles. The number of nitrogens with zero attached hydrogens (tertiary/aromatic N) is 1. The van der Waals surface area contributed by atoms with Crippen molar-refractivity contribution in [1.29, 1.82) is 0 Å². The number of amides is 1. The monoisotopic (exact) mass is 230 g/mol. The predicted molar refractivity (Wildman–Crippen MR) is 60.9 cm³/mol. The van der Waals surface area contributed by atoms with Crippen LogP contribution >= 0.6 is 0 Å². The number of aliphatic hydroxyl groups excluding tert-OH is 1. The normalized spacial score (nSPS) is 26.6. The number of aliphatic hydroxyl groups is 1. The van der Waals surface area contributed by atoms with E-state index < -0.39 is 11.6 Å². The van der Waals surface area contributed by atoms with Gasteiger partial charge in [-0.1, -0.05) is 6.92 Å². The Morgan fingerprint density at radius 2 is 2.31 bits per heavy atom. The molecule has 5 heteroatoms. The van der Waals surface area contributed by atoms with Gasteiger partial charge in [0.15, 0.2) is 0 Å². The summed E-state index contributed by atoms with van der Waals surface area (Å²) in [7, 11) is 0. The van der Waals surface area contributed by atoms with Crippen molar-refractivity contribution in [3.05, 3.63) is 0 Å². The van der Waals surface area contributed by atoms with Gasteiger partial charge in [0.2, 0.25) is 5.91 Å². The van der Waals surface area contributed by atoms with Crippen LogP contribution in [0.3, 0.4) is 0 Å². The van der Waals surface area contributed by atoms with Crippen molar-refractivity contribution >= 4 is 5.91 Å². The van der Waals surface area contributed by atoms with Crippen LogP contribution in [0.2, 0.25) is 0 Å². The predicted octanol–water partition coefficient (Wildman–Crippen LogP) is -0.278. The zero-order valence-corrected chi connectivity index (χ0v) is 10.3. The van der Waals surface area contributed by atoms with Crippen LogP contribution < -0.4 is 5.73 Å². The molecule has 0 saturated carbocycles. The second-order valence-corrected chi connectivity index (χ2v) is 4.92. The summed E-state index contributed by atoms with van der Waals surface area (Å²) in [6.07, 6.45) is 0.317. The molecule has 0 aromatic rings. The molecule has 0 aromatic carbocycles. The summed E-state index contributed by atoms with van der Waals surface area (Å²) < 4.78 is 5.63. The molecule has 5 nitrogen and oxygen atoms in total. The molecule has 1 unspecified atom stereocenters. The van der Waals surface area contributed by atoms with Gasteiger partial charge in [-0.2, -0.15) is 0 Å². The lowest BCUT2D eigenvalue weighted by atomic mass is 10.0. The average molecular weight is 230 g/mol. The molecule has 0 aliphatic carbocycles. The molecule has 3 N–H and O–H groups in total. The standard InChI is InChI=1S/C11H22N2O3/c1-4-9(12)10(15)13-5-8(6-14)16-11(2,3)7-13/h8-9,14H,4-7,12H2,1-3H3/t8?,9-/m1/s1. The zero-order chi connectivity index (χ0) is 12.3. The molecule has 1 amide bonds. The number of rotatable bonds is 3. The van der Waals surface area contributed by atoms with Crippen molar-refractivity contribution in [3.63, 3.8) is 0 Å². The van der Waals surface area contributed by atoms with Gasteiger partial charge in [0.1, 0.15) is 0 Å². The fraction of sp³-hybridized carbons (Fsp3) is 0.909. The molecule has 1 saturated heterocycles. The molecular formula is C11H22N2O3. The van der Waals surface area contributed by atoms with Crippen LogP contribution in [0.1, 0.15) is 27.2 Å². The first-order chi connectivity index (χ1) is 7.39. The molecule has 1 fully saturated rings. The van der Waals surface area contributed by atoms with Crippen molar-refractivity contribution in [1.82, 2.24) is 4.90 Å². The third-order valence-electron chi connectivity index (χ3n) is 2.75. The Morgan fingerprint density at radius 1 is 1.69 bits per heavy atom. The highest BCUT2D eigenvalue weighted by atomic mass is 16.5. The first-order valence-electron chi connectivity index (χ1n) is 5.72. The second-order valence-electron chi connectivity index (χ2n) is 4.92. The first kappa shape index (κ1) is 13.4. The van der Waals surface area contributed by atoms with Crippen LogP contribution in [0.15, 0.2) is 0 Å². The minimum Gasteiger partial charge on any atom is -0.394 e. The summed E-state index contributed by atoms with van der Waals surface area (Å²) in [4.78, 5) is 13.6. The average Bonchev–Trinajstić information content (AvgIpc) is 2.24. The maximum absolute atomic E-state index is 11.9. The summed E-state index contributed by atoms with van der Waals surface area (Å²) in [5.41, 5.74) is 5.31. The summed E-state index contributed by atoms with van der Waals surface area (Å²) >= 11 is 0. The van der Waals surface area contributed by atoms with Gasteiger partial charge in [-0.05, 0) is 20.3 Å². The summed E-state index contributed by atoms with van der Waals surface area (Å²) in [5, 5.41) is 9.12. The van der Waals surface area contributed by atoms with Crippen LogP contribution in [0.5, 0.6) is 0 Å². The number of morpholine rings is 1. The fourth-order valence-electron chi connectivity index (χ4n) is 1.97. The number of nitrogens with two attached hydrogens (primary N) is 1. The van der Waals surface area contributed by atoms with Crippen LogP contribution in [0, 0.1) is 0 Å². The highest BCUT2D eigenvalue weighted by Crippen LogP contribution is 2.21. The Hall–Kier alpha value is -0.650. The van der Waals surface area contributed by atoms with Gasteiger partial charge < -0.3 is 20.5 Å². The summed E-state index contributed by atoms with van der Waals surface area (Å²) in [5.74, 6) is -0.0580. The van der Waals surface area contributed by atoms with E-state index in [1.54, 1.807) is 4.90 Å². The fourth-order valence-corrected chi connectivity index (χ4v) is 1.97. The van der Waals surface area contributed by atoms with E-state index in [1.807, 2.05) is 20.8 Å². The summed E-state index contributed by atoms with van der Waals surface area (Å²) in [6, 6.07) is -0.451. The van der Waals surface area contributed by atoms with Gasteiger partial charge in [-0.25, -0.2) is 0 Å². The molecule has 16 heavy (non-hydrogen) atoms. The Labute approximate surface area is 96.6 Å².